The van der Waals surface area contributed by atoms with Gasteiger partial charge in [-0.25, -0.2) is 0 Å². The molecule has 0 radical (unpaired) electrons. The molecule has 0 saturated carbocycles. The second-order valence-corrected chi connectivity index (χ2v) is 11.7. The molecular formula is C32H36ClN7O2. The van der Waals surface area contributed by atoms with Gasteiger partial charge in [0.15, 0.2) is 0 Å². The molecule has 218 valence electrons. The number of nitriles is 1. The predicted octanol–water partition coefficient (Wildman–Crippen LogP) is 4.44. The maximum atomic E-state index is 12.5. The first-order valence-electron chi connectivity index (χ1n) is 14.7. The molecule has 2 saturated heterocycles. The van der Waals surface area contributed by atoms with E-state index in [4.69, 9.17) is 26.3 Å². The van der Waals surface area contributed by atoms with Crippen LogP contribution in [0, 0.1) is 11.3 Å². The second kappa shape index (κ2) is 12.2. The van der Waals surface area contributed by atoms with Gasteiger partial charge in [0, 0.05) is 48.9 Å². The normalized spacial score (nSPS) is 20.8. The van der Waals surface area contributed by atoms with Crippen molar-refractivity contribution in [2.45, 2.75) is 44.3 Å². The van der Waals surface area contributed by atoms with E-state index in [-0.39, 0.29) is 18.4 Å². The van der Waals surface area contributed by atoms with E-state index in [9.17, 15) is 10.1 Å². The summed E-state index contributed by atoms with van der Waals surface area (Å²) in [5.74, 6) is 0.702. The third-order valence-electron chi connectivity index (χ3n) is 8.84. The number of amides is 1. The van der Waals surface area contributed by atoms with E-state index in [1.54, 1.807) is 4.90 Å². The molecule has 0 aliphatic carbocycles. The van der Waals surface area contributed by atoms with Gasteiger partial charge < -0.3 is 24.3 Å². The van der Waals surface area contributed by atoms with E-state index in [2.05, 4.69) is 58.7 Å². The summed E-state index contributed by atoms with van der Waals surface area (Å²) in [6, 6.07) is 15.0. The predicted molar refractivity (Wildman–Crippen MR) is 165 cm³/mol. The Labute approximate surface area is 251 Å². The average molecular weight is 585 g/mol. The van der Waals surface area contributed by atoms with Crippen LogP contribution in [0.3, 0.4) is 0 Å². The van der Waals surface area contributed by atoms with Gasteiger partial charge in [0.25, 0.3) is 0 Å². The Morgan fingerprint density at radius 3 is 2.74 bits per heavy atom. The number of aromatic nitrogens is 2. The first-order chi connectivity index (χ1) is 20.5. The second-order valence-electron chi connectivity index (χ2n) is 11.3. The smallest absolute Gasteiger partial charge is 0.318 e. The Morgan fingerprint density at radius 2 is 1.98 bits per heavy atom. The summed E-state index contributed by atoms with van der Waals surface area (Å²) >= 11 is 6.69. The minimum atomic E-state index is -0.241. The van der Waals surface area contributed by atoms with E-state index in [1.807, 2.05) is 12.1 Å². The lowest BCUT2D eigenvalue weighted by atomic mass is 10.0. The maximum absolute atomic E-state index is 12.5. The lowest BCUT2D eigenvalue weighted by Gasteiger charge is -2.42. The first kappa shape index (κ1) is 28.3. The van der Waals surface area contributed by atoms with Gasteiger partial charge in [-0.05, 0) is 56.4 Å². The molecule has 4 heterocycles. The molecule has 0 unspecified atom stereocenters. The Bertz CT molecular complexity index is 1530. The van der Waals surface area contributed by atoms with Crippen molar-refractivity contribution in [3.63, 3.8) is 0 Å². The molecule has 3 aromatic rings. The van der Waals surface area contributed by atoms with Crippen LogP contribution < -0.4 is 14.5 Å². The lowest BCUT2D eigenvalue weighted by Crippen LogP contribution is -2.55. The van der Waals surface area contributed by atoms with E-state index >= 15 is 0 Å². The molecule has 3 aliphatic rings. The van der Waals surface area contributed by atoms with Gasteiger partial charge in [0.1, 0.15) is 12.4 Å². The highest BCUT2D eigenvalue weighted by molar-refractivity contribution is 6.36. The minimum absolute atomic E-state index is 0.145. The van der Waals surface area contributed by atoms with E-state index in [0.29, 0.717) is 44.8 Å². The van der Waals surface area contributed by atoms with Crippen molar-refractivity contribution < 1.29 is 9.53 Å². The molecule has 0 N–H and O–H groups in total. The first-order valence-corrected chi connectivity index (χ1v) is 15.0. The molecule has 0 spiro atoms. The summed E-state index contributed by atoms with van der Waals surface area (Å²) in [6.07, 6.45) is 4.59. The topological polar surface area (TPSA) is 88.8 Å². The molecule has 2 aromatic carbocycles. The number of hydrogen-bond acceptors (Lipinski definition) is 8. The molecule has 1 amide bonds. The van der Waals surface area contributed by atoms with Gasteiger partial charge in [-0.2, -0.15) is 15.2 Å². The molecule has 3 aliphatic heterocycles. The summed E-state index contributed by atoms with van der Waals surface area (Å²) < 4.78 is 6.28. The van der Waals surface area contributed by atoms with Crippen LogP contribution in [0.5, 0.6) is 6.01 Å². The number of halogens is 1. The number of rotatable bonds is 7. The minimum Gasteiger partial charge on any atom is -0.462 e. The third kappa shape index (κ3) is 5.49. The fraction of sp³-hybridized carbons (Fsp3) is 0.438. The van der Waals surface area contributed by atoms with Gasteiger partial charge in [0.05, 0.1) is 35.8 Å². The number of benzene rings is 2. The molecule has 6 rings (SSSR count). The van der Waals surface area contributed by atoms with Crippen molar-refractivity contribution in [2.75, 3.05) is 56.2 Å². The van der Waals surface area contributed by atoms with Crippen LogP contribution in [0.15, 0.2) is 49.1 Å². The van der Waals surface area contributed by atoms with Crippen LogP contribution in [0.4, 0.5) is 11.5 Å². The van der Waals surface area contributed by atoms with Crippen molar-refractivity contribution in [3.05, 3.63) is 65.3 Å². The molecule has 42 heavy (non-hydrogen) atoms. The summed E-state index contributed by atoms with van der Waals surface area (Å²) in [7, 11) is 2.13. The van der Waals surface area contributed by atoms with Gasteiger partial charge in [-0.15, -0.1) is 0 Å². The highest BCUT2D eigenvalue weighted by Gasteiger charge is 2.33. The number of nitrogens with zero attached hydrogens (tertiary/aromatic N) is 7. The number of likely N-dealkylation sites (N-methyl/N-ethyl adjacent to an activating group) is 1. The van der Waals surface area contributed by atoms with E-state index < -0.39 is 0 Å². The molecule has 9 nitrogen and oxygen atoms in total. The number of ether oxygens (including phenoxy) is 1. The summed E-state index contributed by atoms with van der Waals surface area (Å²) in [5.41, 5.74) is 3.12. The molecule has 2 atom stereocenters. The molecular weight excluding hydrogens is 549 g/mol. The Hall–Kier alpha value is -3.87. The van der Waals surface area contributed by atoms with Crippen molar-refractivity contribution in [1.29, 1.82) is 5.26 Å². The molecule has 0 bridgehead atoms. The molecule has 1 aromatic heterocycles. The summed E-state index contributed by atoms with van der Waals surface area (Å²) in [6.45, 7) is 8.28. The zero-order chi connectivity index (χ0) is 29.2. The quantitative estimate of drug-likeness (QED) is 0.377. The Morgan fingerprint density at radius 1 is 1.14 bits per heavy atom. The van der Waals surface area contributed by atoms with Crippen molar-refractivity contribution in [3.8, 4) is 12.1 Å². The van der Waals surface area contributed by atoms with Crippen molar-refractivity contribution >= 4 is 39.8 Å². The van der Waals surface area contributed by atoms with Gasteiger partial charge in [0.2, 0.25) is 5.91 Å². The lowest BCUT2D eigenvalue weighted by molar-refractivity contribution is -0.128. The Kier molecular flexibility index (Phi) is 8.18. The number of carbonyl (C=O) groups is 1. The van der Waals surface area contributed by atoms with Crippen LogP contribution >= 0.6 is 11.6 Å². The monoisotopic (exact) mass is 584 g/mol. The largest absolute Gasteiger partial charge is 0.462 e. The van der Waals surface area contributed by atoms with Crippen LogP contribution in [0.1, 0.15) is 30.5 Å². The maximum Gasteiger partial charge on any atom is 0.318 e. The van der Waals surface area contributed by atoms with Gasteiger partial charge in [-0.3, -0.25) is 4.79 Å². The SMILES string of the molecule is C=CC(=O)N1CCN(c2nc(OC[C@@H]3CCCN3[11CH3])nc3c2CCN(c2cccc4cccc(Cl)c24)C3)C[C@@H]1CC#N. The third-order valence-corrected chi connectivity index (χ3v) is 9.15. The zero-order valence-electron chi connectivity index (χ0n) is 24.0. The highest BCUT2D eigenvalue weighted by Crippen LogP contribution is 2.37. The van der Waals surface area contributed by atoms with E-state index in [1.165, 1.54) is 6.08 Å². The van der Waals surface area contributed by atoms with Crippen LogP contribution in [-0.2, 0) is 17.8 Å². The molecule has 10 heteroatoms. The number of piperazine rings is 1. The molecule has 2 fully saturated rings. The number of carbonyl (C=O) groups excluding carboxylic acids is 1. The number of anilines is 2. The van der Waals surface area contributed by atoms with Crippen molar-refractivity contribution in [1.82, 2.24) is 19.8 Å². The average Bonchev–Trinajstić information content (AvgIpc) is 3.43. The van der Waals surface area contributed by atoms with Gasteiger partial charge in [-0.1, -0.05) is 42.4 Å². The van der Waals surface area contributed by atoms with Crippen LogP contribution in [0.2, 0.25) is 5.02 Å². The number of likely N-dealkylation sites (tertiary alicyclic amines) is 1. The van der Waals surface area contributed by atoms with E-state index in [0.717, 1.165) is 70.9 Å². The highest BCUT2D eigenvalue weighted by atomic mass is 35.5. The summed E-state index contributed by atoms with van der Waals surface area (Å²) in [4.78, 5) is 31.1. The van der Waals surface area contributed by atoms with Gasteiger partial charge >= 0.3 is 6.01 Å². The Balaban J connectivity index is 1.34. The zero-order valence-corrected chi connectivity index (χ0v) is 24.8. The fourth-order valence-corrected chi connectivity index (χ4v) is 6.83. The van der Waals surface area contributed by atoms with Crippen LogP contribution in [0.25, 0.3) is 10.8 Å². The van der Waals surface area contributed by atoms with Crippen LogP contribution in [-0.4, -0.2) is 84.1 Å². The van der Waals surface area contributed by atoms with Crippen molar-refractivity contribution in [2.24, 2.45) is 0 Å². The summed E-state index contributed by atoms with van der Waals surface area (Å²) in [5, 5.41) is 12.4. The number of hydrogen-bond donors (Lipinski definition) is 0. The number of fused-ring (bicyclic) bond motifs is 2. The standard InChI is InChI=1S/C32H36ClN7O2/c1-3-29(41)40-18-17-39(19-23(40)12-14-34)31-25-13-16-38(28-11-5-8-22-7-4-10-26(33)30(22)28)20-27(25)35-32(36-31)42-21-24-9-6-15-37(24)2/h3-5,7-8,10-11,23-24H,1,6,9,12-13,15-21H2,2H3/t23-,24-/m0/s1/i2-1. The fourth-order valence-electron chi connectivity index (χ4n) is 6.56.